The monoisotopic (exact) mass is 290 g/mol. The minimum atomic E-state index is -4.73. The van der Waals surface area contributed by atoms with Gasteiger partial charge in [0.1, 0.15) is 11.5 Å². The zero-order chi connectivity index (χ0) is 13.9. The lowest BCUT2D eigenvalue weighted by atomic mass is 10.3. The highest BCUT2D eigenvalue weighted by molar-refractivity contribution is 6.30. The van der Waals surface area contributed by atoms with Crippen LogP contribution in [0.25, 0.3) is 0 Å². The second-order valence-corrected chi connectivity index (χ2v) is 3.63. The smallest absolute Gasteiger partial charge is 0.436 e. The third kappa shape index (κ3) is 3.99. The van der Waals surface area contributed by atoms with Crippen LogP contribution in [-0.2, 0) is 0 Å². The molecule has 0 bridgehead atoms. The first-order valence-corrected chi connectivity index (χ1v) is 5.32. The SMILES string of the molecule is FC(F)(F)Oc1ccc(Oc2nccnc2Cl)cc1. The molecule has 0 aliphatic carbocycles. The van der Waals surface area contributed by atoms with Crippen LogP contribution < -0.4 is 9.47 Å². The van der Waals surface area contributed by atoms with E-state index in [9.17, 15) is 13.2 Å². The van der Waals surface area contributed by atoms with Crippen molar-refractivity contribution in [3.05, 3.63) is 41.8 Å². The van der Waals surface area contributed by atoms with E-state index in [-0.39, 0.29) is 22.5 Å². The van der Waals surface area contributed by atoms with Gasteiger partial charge in [0, 0.05) is 12.4 Å². The van der Waals surface area contributed by atoms with Crippen molar-refractivity contribution in [1.82, 2.24) is 9.97 Å². The van der Waals surface area contributed by atoms with E-state index in [1.54, 1.807) is 0 Å². The summed E-state index contributed by atoms with van der Waals surface area (Å²) in [4.78, 5) is 7.57. The Morgan fingerprint density at radius 3 is 2.11 bits per heavy atom. The van der Waals surface area contributed by atoms with Crippen molar-refractivity contribution in [2.24, 2.45) is 0 Å². The first kappa shape index (κ1) is 13.4. The highest BCUT2D eigenvalue weighted by Gasteiger charge is 2.30. The molecule has 0 unspecified atom stereocenters. The lowest BCUT2D eigenvalue weighted by Gasteiger charge is -2.09. The molecule has 1 aromatic heterocycles. The molecule has 0 radical (unpaired) electrons. The Morgan fingerprint density at radius 2 is 1.53 bits per heavy atom. The van der Waals surface area contributed by atoms with Crippen molar-refractivity contribution in [2.45, 2.75) is 6.36 Å². The van der Waals surface area contributed by atoms with Gasteiger partial charge >= 0.3 is 6.36 Å². The van der Waals surface area contributed by atoms with Crippen molar-refractivity contribution in [2.75, 3.05) is 0 Å². The average molecular weight is 291 g/mol. The van der Waals surface area contributed by atoms with Gasteiger partial charge in [0.25, 0.3) is 5.88 Å². The standard InChI is InChI=1S/C11H6ClF3N2O2/c12-9-10(17-6-5-16-9)18-7-1-3-8(4-2-7)19-11(13,14)15/h1-6H. The predicted octanol–water partition coefficient (Wildman–Crippen LogP) is 3.82. The molecule has 0 fully saturated rings. The summed E-state index contributed by atoms with van der Waals surface area (Å²) < 4.78 is 44.8. The number of ether oxygens (including phenoxy) is 2. The van der Waals surface area contributed by atoms with Gasteiger partial charge in [-0.25, -0.2) is 9.97 Å². The Labute approximate surface area is 110 Å². The molecule has 0 N–H and O–H groups in total. The molecular weight excluding hydrogens is 285 g/mol. The number of benzene rings is 1. The number of aromatic nitrogens is 2. The van der Waals surface area contributed by atoms with E-state index < -0.39 is 6.36 Å². The molecule has 0 aliphatic heterocycles. The zero-order valence-corrected chi connectivity index (χ0v) is 9.94. The van der Waals surface area contributed by atoms with Crippen LogP contribution in [0.1, 0.15) is 0 Å². The van der Waals surface area contributed by atoms with Crippen LogP contribution in [0.3, 0.4) is 0 Å². The third-order valence-electron chi connectivity index (χ3n) is 1.89. The minimum absolute atomic E-state index is 0.0538. The molecule has 0 spiro atoms. The van der Waals surface area contributed by atoms with Crippen molar-refractivity contribution >= 4 is 11.6 Å². The summed E-state index contributed by atoms with van der Waals surface area (Å²) in [5.74, 6) is -0.0179. The van der Waals surface area contributed by atoms with Crippen LogP contribution in [0.4, 0.5) is 13.2 Å². The Hall–Kier alpha value is -2.02. The number of halogens is 4. The fraction of sp³-hybridized carbons (Fsp3) is 0.0909. The van der Waals surface area contributed by atoms with Gasteiger partial charge in [0.05, 0.1) is 0 Å². The van der Waals surface area contributed by atoms with Gasteiger partial charge < -0.3 is 9.47 Å². The molecule has 4 nitrogen and oxygen atoms in total. The Kier molecular flexibility index (Phi) is 3.75. The first-order valence-electron chi connectivity index (χ1n) is 4.94. The molecule has 0 atom stereocenters. The van der Waals surface area contributed by atoms with E-state index in [1.807, 2.05) is 0 Å². The van der Waals surface area contributed by atoms with Crippen LogP contribution >= 0.6 is 11.6 Å². The summed E-state index contributed by atoms with van der Waals surface area (Å²) in [6, 6.07) is 4.83. The third-order valence-corrected chi connectivity index (χ3v) is 2.15. The minimum Gasteiger partial charge on any atom is -0.436 e. The number of nitrogens with zero attached hydrogens (tertiary/aromatic N) is 2. The van der Waals surface area contributed by atoms with Crippen molar-refractivity contribution in [1.29, 1.82) is 0 Å². The lowest BCUT2D eigenvalue weighted by Crippen LogP contribution is -2.16. The van der Waals surface area contributed by atoms with Crippen LogP contribution in [0.15, 0.2) is 36.7 Å². The van der Waals surface area contributed by atoms with Crippen LogP contribution in [0.5, 0.6) is 17.4 Å². The number of hydrogen-bond donors (Lipinski definition) is 0. The maximum Gasteiger partial charge on any atom is 0.573 e. The van der Waals surface area contributed by atoms with Crippen LogP contribution in [0, 0.1) is 0 Å². The number of hydrogen-bond acceptors (Lipinski definition) is 4. The summed E-state index contributed by atoms with van der Waals surface area (Å²) in [6.45, 7) is 0. The molecule has 1 aromatic carbocycles. The van der Waals surface area contributed by atoms with Gasteiger partial charge in [-0.2, -0.15) is 0 Å². The number of alkyl halides is 3. The second-order valence-electron chi connectivity index (χ2n) is 3.27. The fourth-order valence-electron chi connectivity index (χ4n) is 1.20. The van der Waals surface area contributed by atoms with E-state index in [0.717, 1.165) is 12.1 Å². The summed E-state index contributed by atoms with van der Waals surface area (Å²) in [6.07, 6.45) is -1.96. The zero-order valence-electron chi connectivity index (χ0n) is 9.19. The highest BCUT2D eigenvalue weighted by atomic mass is 35.5. The van der Waals surface area contributed by atoms with Crippen molar-refractivity contribution in [3.8, 4) is 17.4 Å². The maximum absolute atomic E-state index is 12.0. The summed E-state index contributed by atoms with van der Waals surface area (Å²) in [5, 5.41) is 0.0538. The van der Waals surface area contributed by atoms with Gasteiger partial charge in [-0.15, -0.1) is 13.2 Å². The van der Waals surface area contributed by atoms with Gasteiger partial charge in [-0.05, 0) is 24.3 Å². The van der Waals surface area contributed by atoms with Gasteiger partial charge in [-0.3, -0.25) is 0 Å². The largest absolute Gasteiger partial charge is 0.573 e. The lowest BCUT2D eigenvalue weighted by molar-refractivity contribution is -0.274. The molecule has 19 heavy (non-hydrogen) atoms. The average Bonchev–Trinajstić information content (AvgIpc) is 2.33. The molecule has 100 valence electrons. The Morgan fingerprint density at radius 1 is 0.947 bits per heavy atom. The van der Waals surface area contributed by atoms with E-state index in [1.165, 1.54) is 24.5 Å². The fourth-order valence-corrected chi connectivity index (χ4v) is 1.34. The summed E-state index contributed by atoms with van der Waals surface area (Å²) >= 11 is 5.72. The summed E-state index contributed by atoms with van der Waals surface area (Å²) in [7, 11) is 0. The van der Waals surface area contributed by atoms with Gasteiger partial charge in [0.15, 0.2) is 5.15 Å². The van der Waals surface area contributed by atoms with Crippen molar-refractivity contribution in [3.63, 3.8) is 0 Å². The first-order chi connectivity index (χ1) is 8.94. The Bertz CT molecular complexity index is 561. The van der Waals surface area contributed by atoms with Crippen LogP contribution in [0.2, 0.25) is 5.15 Å². The summed E-state index contributed by atoms with van der Waals surface area (Å²) in [5.41, 5.74) is 0. The molecule has 8 heteroatoms. The van der Waals surface area contributed by atoms with Gasteiger partial charge in [-0.1, -0.05) is 11.6 Å². The topological polar surface area (TPSA) is 44.2 Å². The molecule has 0 amide bonds. The van der Waals surface area contributed by atoms with Gasteiger partial charge in [0.2, 0.25) is 0 Å². The second kappa shape index (κ2) is 5.31. The molecule has 2 aromatic rings. The van der Waals surface area contributed by atoms with E-state index >= 15 is 0 Å². The molecule has 2 rings (SSSR count). The van der Waals surface area contributed by atoms with E-state index in [0.29, 0.717) is 0 Å². The molecule has 0 saturated carbocycles. The predicted molar refractivity (Wildman–Crippen MR) is 60.2 cm³/mol. The quantitative estimate of drug-likeness (QED) is 0.862. The molecule has 0 saturated heterocycles. The van der Waals surface area contributed by atoms with E-state index in [2.05, 4.69) is 14.7 Å². The van der Waals surface area contributed by atoms with E-state index in [4.69, 9.17) is 16.3 Å². The van der Waals surface area contributed by atoms with Crippen LogP contribution in [-0.4, -0.2) is 16.3 Å². The molecular formula is C11H6ClF3N2O2. The Balaban J connectivity index is 2.09. The maximum atomic E-state index is 12.0. The molecule has 1 heterocycles. The van der Waals surface area contributed by atoms with Crippen molar-refractivity contribution < 1.29 is 22.6 Å². The number of rotatable bonds is 3. The highest BCUT2D eigenvalue weighted by Crippen LogP contribution is 2.28. The normalized spacial score (nSPS) is 11.2. The molecule has 0 aliphatic rings.